The average Bonchev–Trinajstić information content (AvgIpc) is 2.59. The van der Waals surface area contributed by atoms with E-state index in [1.165, 1.54) is 26.4 Å². The monoisotopic (exact) mass is 319 g/mol. The van der Waals surface area contributed by atoms with E-state index >= 15 is 0 Å². The average molecular weight is 319 g/mol. The Bertz CT molecular complexity index is 553. The molecular weight excluding hydrogens is 298 g/mol. The molecule has 6 heteroatoms. The summed E-state index contributed by atoms with van der Waals surface area (Å²) in [5.74, 6) is -1.34. The van der Waals surface area contributed by atoms with Gasteiger partial charge in [0.1, 0.15) is 6.04 Å². The van der Waals surface area contributed by atoms with Gasteiger partial charge in [-0.2, -0.15) is 0 Å². The minimum Gasteiger partial charge on any atom is -0.467 e. The molecule has 1 amide bonds. The van der Waals surface area contributed by atoms with Crippen molar-refractivity contribution in [1.29, 1.82) is 0 Å². The zero-order valence-electron chi connectivity index (χ0n) is 13.3. The molecule has 1 N–H and O–H groups in total. The molecule has 0 aromatic heterocycles. The van der Waals surface area contributed by atoms with Gasteiger partial charge in [0, 0.05) is 12.5 Å². The molecule has 6 nitrogen and oxygen atoms in total. The second kappa shape index (κ2) is 10.2. The number of rotatable bonds is 8. The molecule has 124 valence electrons. The number of amides is 1. The number of carbonyl (C=O) groups is 3. The molecule has 0 aliphatic carbocycles. The van der Waals surface area contributed by atoms with Gasteiger partial charge < -0.3 is 14.8 Å². The van der Waals surface area contributed by atoms with Gasteiger partial charge in [-0.15, -0.1) is 0 Å². The number of nitrogens with one attached hydrogen (secondary N) is 1. The van der Waals surface area contributed by atoms with Gasteiger partial charge >= 0.3 is 11.9 Å². The Kier molecular flexibility index (Phi) is 8.13. The van der Waals surface area contributed by atoms with Crippen LogP contribution in [0, 0.1) is 0 Å². The molecule has 23 heavy (non-hydrogen) atoms. The first kappa shape index (κ1) is 18.4. The number of ether oxygens (including phenoxy) is 2. The number of hydrogen-bond acceptors (Lipinski definition) is 5. The second-order valence-electron chi connectivity index (χ2n) is 4.79. The van der Waals surface area contributed by atoms with Crippen molar-refractivity contribution in [2.45, 2.75) is 25.3 Å². The normalized spacial score (nSPS) is 11.7. The highest BCUT2D eigenvalue weighted by Gasteiger charge is 2.20. The number of esters is 2. The van der Waals surface area contributed by atoms with Crippen LogP contribution in [0.1, 0.15) is 18.4 Å². The van der Waals surface area contributed by atoms with Gasteiger partial charge in [-0.25, -0.2) is 9.59 Å². The molecule has 1 aromatic carbocycles. The van der Waals surface area contributed by atoms with Crippen molar-refractivity contribution < 1.29 is 23.9 Å². The summed E-state index contributed by atoms with van der Waals surface area (Å²) in [6.07, 6.45) is 3.66. The van der Waals surface area contributed by atoms with Gasteiger partial charge in [-0.05, 0) is 18.4 Å². The Hall–Kier alpha value is -2.63. The van der Waals surface area contributed by atoms with E-state index < -0.39 is 18.0 Å². The van der Waals surface area contributed by atoms with E-state index in [0.29, 0.717) is 6.42 Å². The van der Waals surface area contributed by atoms with Crippen molar-refractivity contribution in [2.24, 2.45) is 0 Å². The highest BCUT2D eigenvalue weighted by molar-refractivity contribution is 5.85. The molecule has 0 spiro atoms. The standard InChI is InChI=1S/C17H21NO5/c1-22-16(20)10-6-9-14(17(21)23-2)18-15(19)12-11-13-7-4-3-5-8-13/h3-8,10,14H,9,11-12H2,1-2H3,(H,18,19)/b10-6+/t14-/m1/s1. The molecule has 0 heterocycles. The molecular formula is C17H21NO5. The summed E-state index contributed by atoms with van der Waals surface area (Å²) in [6, 6.07) is 8.76. The maximum Gasteiger partial charge on any atom is 0.330 e. The van der Waals surface area contributed by atoms with Crippen LogP contribution in [-0.2, 0) is 30.3 Å². The van der Waals surface area contributed by atoms with E-state index in [1.807, 2.05) is 30.3 Å². The number of aryl methyl sites for hydroxylation is 1. The lowest BCUT2D eigenvalue weighted by molar-refractivity contribution is -0.145. The Morgan fingerprint density at radius 3 is 2.43 bits per heavy atom. The smallest absolute Gasteiger partial charge is 0.330 e. The number of benzene rings is 1. The Morgan fingerprint density at radius 2 is 1.83 bits per heavy atom. The van der Waals surface area contributed by atoms with Crippen molar-refractivity contribution in [2.75, 3.05) is 14.2 Å². The van der Waals surface area contributed by atoms with Crippen LogP contribution < -0.4 is 5.32 Å². The minimum atomic E-state index is -0.829. The molecule has 0 saturated heterocycles. The van der Waals surface area contributed by atoms with Crippen LogP contribution in [0.4, 0.5) is 0 Å². The van der Waals surface area contributed by atoms with Crippen molar-refractivity contribution in [3.63, 3.8) is 0 Å². The quantitative estimate of drug-likeness (QED) is 0.578. The van der Waals surface area contributed by atoms with E-state index in [9.17, 15) is 14.4 Å². The SMILES string of the molecule is COC(=O)/C=C/C[C@@H](NC(=O)CCc1ccccc1)C(=O)OC. The van der Waals surface area contributed by atoms with Gasteiger partial charge in [0.15, 0.2) is 0 Å². The molecule has 1 rings (SSSR count). The van der Waals surface area contributed by atoms with Crippen molar-refractivity contribution in [3.8, 4) is 0 Å². The van der Waals surface area contributed by atoms with E-state index in [1.54, 1.807) is 0 Å². The third kappa shape index (κ3) is 7.26. The summed E-state index contributed by atoms with van der Waals surface area (Å²) in [7, 11) is 2.51. The van der Waals surface area contributed by atoms with Gasteiger partial charge in [0.2, 0.25) is 5.91 Å². The van der Waals surface area contributed by atoms with Crippen LogP contribution in [-0.4, -0.2) is 38.1 Å². The fraction of sp³-hybridized carbons (Fsp3) is 0.353. The van der Waals surface area contributed by atoms with Gasteiger partial charge in [0.05, 0.1) is 14.2 Å². The Morgan fingerprint density at radius 1 is 1.13 bits per heavy atom. The molecule has 0 unspecified atom stereocenters. The first-order valence-corrected chi connectivity index (χ1v) is 7.22. The van der Waals surface area contributed by atoms with E-state index in [2.05, 4.69) is 14.8 Å². The largest absolute Gasteiger partial charge is 0.467 e. The number of hydrogen-bond donors (Lipinski definition) is 1. The number of carbonyl (C=O) groups excluding carboxylic acids is 3. The summed E-state index contributed by atoms with van der Waals surface area (Å²) < 4.78 is 9.11. The fourth-order valence-electron chi connectivity index (χ4n) is 1.89. The highest BCUT2D eigenvalue weighted by Crippen LogP contribution is 2.04. The molecule has 0 aliphatic rings. The van der Waals surface area contributed by atoms with Gasteiger partial charge in [-0.3, -0.25) is 4.79 Å². The van der Waals surface area contributed by atoms with Gasteiger partial charge in [-0.1, -0.05) is 36.4 Å². The Balaban J connectivity index is 2.52. The minimum absolute atomic E-state index is 0.152. The van der Waals surface area contributed by atoms with Crippen LogP contribution in [0.2, 0.25) is 0 Å². The lowest BCUT2D eigenvalue weighted by Gasteiger charge is -2.14. The van der Waals surface area contributed by atoms with Crippen molar-refractivity contribution in [1.82, 2.24) is 5.32 Å². The van der Waals surface area contributed by atoms with Gasteiger partial charge in [0.25, 0.3) is 0 Å². The number of methoxy groups -OCH3 is 2. The first-order valence-electron chi connectivity index (χ1n) is 7.22. The van der Waals surface area contributed by atoms with Crippen LogP contribution in [0.25, 0.3) is 0 Å². The molecule has 0 aliphatic heterocycles. The van der Waals surface area contributed by atoms with Crippen LogP contribution in [0.5, 0.6) is 0 Å². The van der Waals surface area contributed by atoms with Crippen molar-refractivity contribution in [3.05, 3.63) is 48.0 Å². The van der Waals surface area contributed by atoms with Crippen molar-refractivity contribution >= 4 is 17.8 Å². The molecule has 0 fully saturated rings. The predicted molar refractivity (Wildman–Crippen MR) is 84.5 cm³/mol. The molecule has 1 aromatic rings. The lowest BCUT2D eigenvalue weighted by Crippen LogP contribution is -2.41. The molecule has 0 saturated carbocycles. The summed E-state index contributed by atoms with van der Waals surface area (Å²) >= 11 is 0. The van der Waals surface area contributed by atoms with Crippen LogP contribution >= 0.6 is 0 Å². The molecule has 0 bridgehead atoms. The summed E-state index contributed by atoms with van der Waals surface area (Å²) in [5, 5.41) is 2.61. The Labute approximate surface area is 135 Å². The van der Waals surface area contributed by atoms with E-state index in [-0.39, 0.29) is 18.7 Å². The zero-order chi connectivity index (χ0) is 17.1. The van der Waals surface area contributed by atoms with E-state index in [4.69, 9.17) is 0 Å². The predicted octanol–water partition coefficient (Wildman–Crippen LogP) is 1.40. The van der Waals surface area contributed by atoms with Crippen LogP contribution in [0.3, 0.4) is 0 Å². The molecule has 1 atom stereocenters. The third-order valence-electron chi connectivity index (χ3n) is 3.13. The maximum absolute atomic E-state index is 12.0. The highest BCUT2D eigenvalue weighted by atomic mass is 16.5. The maximum atomic E-state index is 12.0. The lowest BCUT2D eigenvalue weighted by atomic mass is 10.1. The zero-order valence-corrected chi connectivity index (χ0v) is 13.3. The fourth-order valence-corrected chi connectivity index (χ4v) is 1.89. The first-order chi connectivity index (χ1) is 11.1. The topological polar surface area (TPSA) is 81.7 Å². The summed E-state index contributed by atoms with van der Waals surface area (Å²) in [6.45, 7) is 0. The second-order valence-corrected chi connectivity index (χ2v) is 4.79. The summed E-state index contributed by atoms with van der Waals surface area (Å²) in [5.41, 5.74) is 1.04. The third-order valence-corrected chi connectivity index (χ3v) is 3.13. The van der Waals surface area contributed by atoms with E-state index in [0.717, 1.165) is 5.56 Å². The molecule has 0 radical (unpaired) electrons. The summed E-state index contributed by atoms with van der Waals surface area (Å²) in [4.78, 5) is 34.6. The van der Waals surface area contributed by atoms with Crippen LogP contribution in [0.15, 0.2) is 42.5 Å².